The molecule has 128 valence electrons. The Morgan fingerprint density at radius 3 is 2.27 bits per heavy atom. The molecule has 2 atom stereocenters. The number of amides is 1. The third-order valence-corrected chi connectivity index (χ3v) is 2.38. The summed E-state index contributed by atoms with van der Waals surface area (Å²) in [7, 11) is 1.55. The quantitative estimate of drug-likeness (QED) is 0.351. The lowest BCUT2D eigenvalue weighted by Gasteiger charge is -2.14. The highest BCUT2D eigenvalue weighted by Crippen LogP contribution is 1.91. The zero-order valence-electron chi connectivity index (χ0n) is 13.1. The van der Waals surface area contributed by atoms with Crippen molar-refractivity contribution in [3.05, 3.63) is 0 Å². The molecule has 0 fully saturated rings. The number of ether oxygens (including phenoxy) is 4. The molecule has 3 N–H and O–H groups in total. The first-order valence-electron chi connectivity index (χ1n) is 6.83. The third-order valence-electron chi connectivity index (χ3n) is 2.38. The molecule has 1 amide bonds. The number of methoxy groups -OCH3 is 1. The Balaban J connectivity index is 3.76. The van der Waals surface area contributed by atoms with E-state index in [1.165, 1.54) is 13.8 Å². The Hall–Kier alpha value is -1.71. The van der Waals surface area contributed by atoms with Crippen LogP contribution in [0, 0.1) is 0 Å². The van der Waals surface area contributed by atoms with Crippen molar-refractivity contribution in [1.82, 2.24) is 5.32 Å². The van der Waals surface area contributed by atoms with E-state index in [-0.39, 0.29) is 13.2 Å². The van der Waals surface area contributed by atoms with Gasteiger partial charge in [0.2, 0.25) is 5.91 Å². The molecule has 0 heterocycles. The van der Waals surface area contributed by atoms with Crippen LogP contribution in [0.2, 0.25) is 0 Å². The van der Waals surface area contributed by atoms with Crippen LogP contribution in [0.1, 0.15) is 13.8 Å². The predicted molar refractivity (Wildman–Crippen MR) is 75.9 cm³/mol. The molecule has 0 saturated heterocycles. The minimum atomic E-state index is -0.899. The molecule has 9 nitrogen and oxygen atoms in total. The summed E-state index contributed by atoms with van der Waals surface area (Å²) in [6.45, 7) is 3.52. The van der Waals surface area contributed by atoms with Crippen LogP contribution in [-0.2, 0) is 33.3 Å². The highest BCUT2D eigenvalue weighted by Gasteiger charge is 2.19. The van der Waals surface area contributed by atoms with E-state index in [1.54, 1.807) is 7.11 Å². The molecule has 0 aliphatic carbocycles. The zero-order chi connectivity index (χ0) is 17.0. The van der Waals surface area contributed by atoms with Crippen molar-refractivity contribution >= 4 is 17.8 Å². The van der Waals surface area contributed by atoms with Crippen LogP contribution in [0.25, 0.3) is 0 Å². The van der Waals surface area contributed by atoms with Crippen molar-refractivity contribution < 1.29 is 33.3 Å². The minimum Gasteiger partial charge on any atom is -0.461 e. The summed E-state index contributed by atoms with van der Waals surface area (Å²) in [5.41, 5.74) is 5.35. The van der Waals surface area contributed by atoms with Gasteiger partial charge in [0, 0.05) is 7.11 Å². The molecule has 0 saturated carbocycles. The molecule has 0 spiro atoms. The van der Waals surface area contributed by atoms with Gasteiger partial charge in [-0.3, -0.25) is 4.79 Å². The number of nitrogens with two attached hydrogens (primary N) is 1. The van der Waals surface area contributed by atoms with Crippen molar-refractivity contribution in [2.75, 3.05) is 40.1 Å². The molecular formula is C13H24N2O7. The summed E-state index contributed by atoms with van der Waals surface area (Å²) in [5.74, 6) is -1.93. The van der Waals surface area contributed by atoms with E-state index in [4.69, 9.17) is 24.7 Å². The molecule has 0 bridgehead atoms. The Labute approximate surface area is 129 Å². The van der Waals surface area contributed by atoms with Gasteiger partial charge in [-0.15, -0.1) is 0 Å². The molecule has 0 aromatic heterocycles. The van der Waals surface area contributed by atoms with Crippen molar-refractivity contribution in [2.24, 2.45) is 5.73 Å². The Kier molecular flexibility index (Phi) is 11.0. The standard InChI is InChI=1S/C13H24N2O7/c1-9(14)12(17)15-10(2)13(18)22-8-11(16)21-7-6-20-5-4-19-3/h9-10H,4-8,14H2,1-3H3,(H,15,17)/t9-,10-/m0/s1. The van der Waals surface area contributed by atoms with Crippen LogP contribution in [0.5, 0.6) is 0 Å². The Bertz CT molecular complexity index is 360. The maximum atomic E-state index is 11.5. The molecule has 0 rings (SSSR count). The zero-order valence-corrected chi connectivity index (χ0v) is 13.1. The largest absolute Gasteiger partial charge is 0.461 e. The van der Waals surface area contributed by atoms with Gasteiger partial charge in [0.05, 0.1) is 25.9 Å². The van der Waals surface area contributed by atoms with Crippen molar-refractivity contribution in [1.29, 1.82) is 0 Å². The van der Waals surface area contributed by atoms with Gasteiger partial charge in [0.25, 0.3) is 0 Å². The summed E-state index contributed by atoms with van der Waals surface area (Å²) < 4.78 is 19.4. The number of carbonyl (C=O) groups excluding carboxylic acids is 3. The smallest absolute Gasteiger partial charge is 0.344 e. The van der Waals surface area contributed by atoms with Crippen LogP contribution in [0.4, 0.5) is 0 Å². The first kappa shape index (κ1) is 20.3. The molecule has 0 unspecified atom stereocenters. The van der Waals surface area contributed by atoms with Gasteiger partial charge in [-0.05, 0) is 13.8 Å². The number of nitrogens with one attached hydrogen (secondary N) is 1. The molecule has 0 aliphatic rings. The molecule has 0 aliphatic heterocycles. The molecular weight excluding hydrogens is 296 g/mol. The average molecular weight is 320 g/mol. The van der Waals surface area contributed by atoms with Crippen molar-refractivity contribution in [3.63, 3.8) is 0 Å². The number of esters is 2. The van der Waals surface area contributed by atoms with E-state index >= 15 is 0 Å². The van der Waals surface area contributed by atoms with E-state index in [0.29, 0.717) is 13.2 Å². The van der Waals surface area contributed by atoms with Crippen LogP contribution >= 0.6 is 0 Å². The van der Waals surface area contributed by atoms with Gasteiger partial charge in [-0.25, -0.2) is 9.59 Å². The summed E-state index contributed by atoms with van der Waals surface area (Å²) in [4.78, 5) is 34.1. The molecule has 22 heavy (non-hydrogen) atoms. The van der Waals surface area contributed by atoms with E-state index < -0.39 is 36.5 Å². The van der Waals surface area contributed by atoms with Crippen LogP contribution in [-0.4, -0.2) is 70.1 Å². The average Bonchev–Trinajstić information content (AvgIpc) is 2.47. The Morgan fingerprint density at radius 2 is 1.68 bits per heavy atom. The van der Waals surface area contributed by atoms with Crippen LogP contribution in [0.3, 0.4) is 0 Å². The molecule has 0 radical (unpaired) electrons. The first-order chi connectivity index (χ1) is 10.4. The van der Waals surface area contributed by atoms with Gasteiger partial charge in [-0.1, -0.05) is 0 Å². The number of hydrogen-bond donors (Lipinski definition) is 2. The lowest BCUT2D eigenvalue weighted by molar-refractivity contribution is -0.161. The maximum Gasteiger partial charge on any atom is 0.344 e. The van der Waals surface area contributed by atoms with Gasteiger partial charge in [0.1, 0.15) is 12.6 Å². The summed E-state index contributed by atoms with van der Waals surface area (Å²) >= 11 is 0. The molecule has 9 heteroatoms. The lowest BCUT2D eigenvalue weighted by atomic mass is 10.3. The predicted octanol–water partition coefficient (Wildman–Crippen LogP) is -1.41. The maximum absolute atomic E-state index is 11.5. The summed E-state index contributed by atoms with van der Waals surface area (Å²) in [6, 6.07) is -1.64. The normalized spacial score (nSPS) is 13.1. The number of hydrogen-bond acceptors (Lipinski definition) is 8. The van der Waals surface area contributed by atoms with Crippen LogP contribution in [0.15, 0.2) is 0 Å². The third kappa shape index (κ3) is 10.1. The monoisotopic (exact) mass is 320 g/mol. The fourth-order valence-corrected chi connectivity index (χ4v) is 1.16. The van der Waals surface area contributed by atoms with Gasteiger partial charge < -0.3 is 30.0 Å². The highest BCUT2D eigenvalue weighted by molar-refractivity contribution is 5.87. The van der Waals surface area contributed by atoms with Crippen molar-refractivity contribution in [2.45, 2.75) is 25.9 Å². The second-order valence-electron chi connectivity index (χ2n) is 4.45. The topological polar surface area (TPSA) is 126 Å². The van der Waals surface area contributed by atoms with E-state index in [2.05, 4.69) is 5.32 Å². The highest BCUT2D eigenvalue weighted by atomic mass is 16.6. The molecule has 0 aromatic rings. The number of rotatable bonds is 11. The summed E-state index contributed by atoms with van der Waals surface area (Å²) in [5, 5.41) is 2.35. The fraction of sp³-hybridized carbons (Fsp3) is 0.769. The second-order valence-corrected chi connectivity index (χ2v) is 4.45. The first-order valence-corrected chi connectivity index (χ1v) is 6.83. The van der Waals surface area contributed by atoms with Crippen LogP contribution < -0.4 is 11.1 Å². The van der Waals surface area contributed by atoms with Gasteiger partial charge in [0.15, 0.2) is 6.61 Å². The second kappa shape index (κ2) is 11.9. The van der Waals surface area contributed by atoms with E-state index in [9.17, 15) is 14.4 Å². The SMILES string of the molecule is COCCOCCOC(=O)COC(=O)[C@H](C)NC(=O)[C@H](C)N. The van der Waals surface area contributed by atoms with Crippen molar-refractivity contribution in [3.8, 4) is 0 Å². The minimum absolute atomic E-state index is 0.0527. The summed E-state index contributed by atoms with van der Waals surface area (Å²) in [6.07, 6.45) is 0. The lowest BCUT2D eigenvalue weighted by Crippen LogP contribution is -2.46. The van der Waals surface area contributed by atoms with Gasteiger partial charge in [-0.2, -0.15) is 0 Å². The number of carbonyl (C=O) groups is 3. The fourth-order valence-electron chi connectivity index (χ4n) is 1.16. The molecule has 0 aromatic carbocycles. The van der Waals surface area contributed by atoms with Gasteiger partial charge >= 0.3 is 11.9 Å². The van der Waals surface area contributed by atoms with E-state index in [1.807, 2.05) is 0 Å². The van der Waals surface area contributed by atoms with E-state index in [0.717, 1.165) is 0 Å². The Morgan fingerprint density at radius 1 is 1.05 bits per heavy atom.